The fraction of sp³-hybridized carbons (Fsp3) is 0.400. The molecule has 0 spiro atoms. The molecule has 0 fully saturated rings. The second-order valence-corrected chi connectivity index (χ2v) is 3.38. The third-order valence-corrected chi connectivity index (χ3v) is 2.21. The van der Waals surface area contributed by atoms with Crippen LogP contribution < -0.4 is 0 Å². The zero-order valence-corrected chi connectivity index (χ0v) is 8.40. The van der Waals surface area contributed by atoms with Gasteiger partial charge < -0.3 is 4.29 Å². The van der Waals surface area contributed by atoms with Crippen molar-refractivity contribution < 1.29 is 4.29 Å². The molecule has 0 atom stereocenters. The van der Waals surface area contributed by atoms with Gasteiger partial charge in [-0.05, 0) is 38.0 Å². The highest BCUT2D eigenvalue weighted by Crippen LogP contribution is 2.22. The Morgan fingerprint density at radius 3 is 2.33 bits per heavy atom. The lowest BCUT2D eigenvalue weighted by Gasteiger charge is -2.00. The van der Waals surface area contributed by atoms with E-state index in [1.165, 1.54) is 16.7 Å². The van der Waals surface area contributed by atoms with Gasteiger partial charge in [0.05, 0.1) is 0 Å². The van der Waals surface area contributed by atoms with Crippen molar-refractivity contribution in [1.29, 1.82) is 0 Å². The summed E-state index contributed by atoms with van der Waals surface area (Å²) in [5.74, 6) is 0.819. The molecule has 1 rings (SSSR count). The third kappa shape index (κ3) is 2.15. The van der Waals surface area contributed by atoms with E-state index in [9.17, 15) is 0 Å². The van der Waals surface area contributed by atoms with E-state index in [4.69, 9.17) is 16.2 Å². The van der Waals surface area contributed by atoms with Crippen molar-refractivity contribution in [2.45, 2.75) is 27.2 Å². The summed E-state index contributed by atoms with van der Waals surface area (Å²) in [6, 6.07) is 0. The molecule has 0 bridgehead atoms. The molecule has 1 aliphatic rings. The Hall–Kier alpha value is -0.690. The molecule has 1 nitrogen and oxygen atoms in total. The van der Waals surface area contributed by atoms with E-state index >= 15 is 0 Å². The van der Waals surface area contributed by atoms with Crippen molar-refractivity contribution in [3.63, 3.8) is 0 Å². The normalized spacial score (nSPS) is 18.3. The van der Waals surface area contributed by atoms with Crippen LogP contribution in [0.5, 0.6) is 0 Å². The molecule has 0 amide bonds. The summed E-state index contributed by atoms with van der Waals surface area (Å²) in [5, 5.41) is 0. The minimum atomic E-state index is 0.804. The minimum absolute atomic E-state index is 0.804. The highest BCUT2D eigenvalue weighted by atomic mass is 35.5. The lowest BCUT2D eigenvalue weighted by Crippen LogP contribution is -1.83. The zero-order valence-electron chi connectivity index (χ0n) is 7.65. The summed E-state index contributed by atoms with van der Waals surface area (Å²) in [4.78, 5) is 0. The second-order valence-electron chi connectivity index (χ2n) is 3.22. The summed E-state index contributed by atoms with van der Waals surface area (Å²) in [6.07, 6.45) is 4.95. The first kappa shape index (κ1) is 9.40. The Morgan fingerprint density at radius 2 is 1.75 bits per heavy atom. The lowest BCUT2D eigenvalue weighted by molar-refractivity contribution is 0.457. The molecule has 0 aromatic heterocycles. The van der Waals surface area contributed by atoms with Gasteiger partial charge in [0.25, 0.3) is 0 Å². The Labute approximate surface area is 78.5 Å². The summed E-state index contributed by atoms with van der Waals surface area (Å²) in [7, 11) is 0. The zero-order chi connectivity index (χ0) is 9.14. The minimum Gasteiger partial charge on any atom is -0.390 e. The second kappa shape index (κ2) is 3.81. The van der Waals surface area contributed by atoms with Gasteiger partial charge in [-0.1, -0.05) is 11.6 Å². The first-order valence-electron chi connectivity index (χ1n) is 3.97. The van der Waals surface area contributed by atoms with Crippen molar-refractivity contribution >= 4 is 11.9 Å². The Balaban J connectivity index is 3.02. The van der Waals surface area contributed by atoms with Crippen LogP contribution in [0.25, 0.3) is 0 Å². The van der Waals surface area contributed by atoms with Crippen molar-refractivity contribution in [1.82, 2.24) is 0 Å². The number of halogens is 1. The fourth-order valence-electron chi connectivity index (χ4n) is 1.27. The topological polar surface area (TPSA) is 9.23 Å². The van der Waals surface area contributed by atoms with Crippen LogP contribution in [0, 0.1) is 0 Å². The van der Waals surface area contributed by atoms with Crippen molar-refractivity contribution in [2.24, 2.45) is 0 Å². The van der Waals surface area contributed by atoms with Gasteiger partial charge in [0.2, 0.25) is 0 Å². The molecule has 0 aliphatic heterocycles. The highest BCUT2D eigenvalue weighted by molar-refractivity contribution is 6.08. The summed E-state index contributed by atoms with van der Waals surface area (Å²) >= 11 is 5.31. The van der Waals surface area contributed by atoms with Gasteiger partial charge in [-0.3, -0.25) is 0 Å². The predicted octanol–water partition coefficient (Wildman–Crippen LogP) is 3.73. The van der Waals surface area contributed by atoms with Gasteiger partial charge in [0, 0.05) is 6.42 Å². The molecule has 1 aliphatic carbocycles. The van der Waals surface area contributed by atoms with Gasteiger partial charge in [0.1, 0.15) is 17.6 Å². The van der Waals surface area contributed by atoms with E-state index < -0.39 is 0 Å². The molecule has 0 aromatic rings. The number of hydrogen-bond acceptors (Lipinski definition) is 1. The molecule has 12 heavy (non-hydrogen) atoms. The quantitative estimate of drug-likeness (QED) is 0.604. The summed E-state index contributed by atoms with van der Waals surface area (Å²) in [6.45, 7) is 6.22. The van der Waals surface area contributed by atoms with Gasteiger partial charge in [-0.2, -0.15) is 0 Å². The Kier molecular flexibility index (Phi) is 2.99. The Morgan fingerprint density at radius 1 is 1.17 bits per heavy atom. The molecule has 0 radical (unpaired) electrons. The Bertz CT molecular complexity index is 272. The van der Waals surface area contributed by atoms with Crippen LogP contribution >= 0.6 is 11.9 Å². The van der Waals surface area contributed by atoms with E-state index in [2.05, 4.69) is 26.8 Å². The SMILES string of the molecule is CC1=CC(C)=C(C)C=C(OCl)C1. The fourth-order valence-corrected chi connectivity index (χ4v) is 1.36. The predicted molar refractivity (Wildman–Crippen MR) is 51.8 cm³/mol. The van der Waals surface area contributed by atoms with Crippen molar-refractivity contribution in [3.05, 3.63) is 34.6 Å². The van der Waals surface area contributed by atoms with Crippen LogP contribution in [0.15, 0.2) is 34.6 Å². The summed E-state index contributed by atoms with van der Waals surface area (Å²) in [5.41, 5.74) is 3.76. The summed E-state index contributed by atoms with van der Waals surface area (Å²) < 4.78 is 4.72. The van der Waals surface area contributed by atoms with E-state index in [0.717, 1.165) is 12.2 Å². The lowest BCUT2D eigenvalue weighted by atomic mass is 10.1. The van der Waals surface area contributed by atoms with Crippen molar-refractivity contribution in [3.8, 4) is 0 Å². The van der Waals surface area contributed by atoms with Crippen LogP contribution in [0.2, 0.25) is 0 Å². The maximum atomic E-state index is 5.31. The highest BCUT2D eigenvalue weighted by Gasteiger charge is 2.05. The first-order chi connectivity index (χ1) is 5.63. The molecule has 2 heteroatoms. The molecular weight excluding hydrogens is 172 g/mol. The maximum absolute atomic E-state index is 5.31. The molecule has 66 valence electrons. The van der Waals surface area contributed by atoms with Crippen LogP contribution in [0.4, 0.5) is 0 Å². The molecular formula is C10H13ClO. The van der Waals surface area contributed by atoms with Crippen LogP contribution in [-0.4, -0.2) is 0 Å². The van der Waals surface area contributed by atoms with Crippen LogP contribution in [0.3, 0.4) is 0 Å². The average molecular weight is 185 g/mol. The molecule has 0 aromatic carbocycles. The van der Waals surface area contributed by atoms with E-state index in [1.807, 2.05) is 6.08 Å². The number of rotatable bonds is 1. The first-order valence-corrected chi connectivity index (χ1v) is 4.28. The maximum Gasteiger partial charge on any atom is 0.134 e. The molecule has 0 heterocycles. The largest absolute Gasteiger partial charge is 0.390 e. The smallest absolute Gasteiger partial charge is 0.134 e. The molecule has 0 saturated heterocycles. The number of allylic oxidation sites excluding steroid dienone is 5. The molecule has 0 N–H and O–H groups in total. The number of hydrogen-bond donors (Lipinski definition) is 0. The monoisotopic (exact) mass is 184 g/mol. The average Bonchev–Trinajstić information content (AvgIpc) is 2.12. The third-order valence-electron chi connectivity index (χ3n) is 2.01. The van der Waals surface area contributed by atoms with E-state index in [-0.39, 0.29) is 0 Å². The van der Waals surface area contributed by atoms with Gasteiger partial charge >= 0.3 is 0 Å². The standard InChI is InChI=1S/C10H13ClO/c1-7-4-8(2)9(3)6-10(5-7)12-11/h4,6H,5H2,1-3H3. The van der Waals surface area contributed by atoms with Gasteiger partial charge in [-0.25, -0.2) is 0 Å². The van der Waals surface area contributed by atoms with Crippen LogP contribution in [0.1, 0.15) is 27.2 Å². The van der Waals surface area contributed by atoms with Gasteiger partial charge in [-0.15, -0.1) is 0 Å². The van der Waals surface area contributed by atoms with Crippen LogP contribution in [-0.2, 0) is 4.29 Å². The van der Waals surface area contributed by atoms with Crippen molar-refractivity contribution in [2.75, 3.05) is 0 Å². The van der Waals surface area contributed by atoms with E-state index in [1.54, 1.807) is 0 Å². The van der Waals surface area contributed by atoms with E-state index in [0.29, 0.717) is 0 Å². The van der Waals surface area contributed by atoms with Gasteiger partial charge in [0.15, 0.2) is 0 Å². The molecule has 0 saturated carbocycles. The molecule has 0 unspecified atom stereocenters.